The van der Waals surface area contributed by atoms with Crippen LogP contribution >= 0.6 is 0 Å². The third kappa shape index (κ3) is 2.42. The molecule has 0 atom stereocenters. The van der Waals surface area contributed by atoms with Crippen molar-refractivity contribution in [1.29, 1.82) is 0 Å². The summed E-state index contributed by atoms with van der Waals surface area (Å²) in [5, 5.41) is 13.5. The summed E-state index contributed by atoms with van der Waals surface area (Å²) in [7, 11) is 0. The van der Waals surface area contributed by atoms with E-state index in [0.717, 1.165) is 12.8 Å². The molecule has 0 heterocycles. The zero-order chi connectivity index (χ0) is 13.3. The third-order valence-electron chi connectivity index (χ3n) is 3.20. The van der Waals surface area contributed by atoms with Gasteiger partial charge >= 0.3 is 0 Å². The van der Waals surface area contributed by atoms with Crippen molar-refractivity contribution >= 4 is 17.3 Å². The number of hydrogen-bond acceptors (Lipinski definition) is 4. The second-order valence-electron chi connectivity index (χ2n) is 4.78. The molecule has 1 aliphatic rings. The lowest BCUT2D eigenvalue weighted by molar-refractivity contribution is -0.384. The summed E-state index contributed by atoms with van der Waals surface area (Å²) in [5.41, 5.74) is 5.97. The van der Waals surface area contributed by atoms with Gasteiger partial charge in [0.15, 0.2) is 0 Å². The van der Waals surface area contributed by atoms with Crippen LogP contribution in [-0.4, -0.2) is 16.9 Å². The Morgan fingerprint density at radius 3 is 2.72 bits per heavy atom. The molecule has 1 fully saturated rings. The lowest BCUT2D eigenvalue weighted by Gasteiger charge is -2.33. The number of nitro benzene ring substituents is 1. The number of anilines is 1. The Morgan fingerprint density at radius 1 is 1.50 bits per heavy atom. The lowest BCUT2D eigenvalue weighted by atomic mass is 9.82. The van der Waals surface area contributed by atoms with Gasteiger partial charge in [-0.05, 0) is 24.8 Å². The first-order valence-electron chi connectivity index (χ1n) is 5.82. The Hall–Kier alpha value is -2.11. The van der Waals surface area contributed by atoms with Crippen molar-refractivity contribution in [1.82, 2.24) is 5.32 Å². The van der Waals surface area contributed by atoms with E-state index < -0.39 is 4.92 Å². The largest absolute Gasteiger partial charge is 0.398 e. The van der Waals surface area contributed by atoms with Gasteiger partial charge < -0.3 is 11.1 Å². The fourth-order valence-corrected chi connectivity index (χ4v) is 2.14. The number of nitrogens with zero attached hydrogens (tertiary/aromatic N) is 1. The van der Waals surface area contributed by atoms with Crippen molar-refractivity contribution in [3.8, 4) is 0 Å². The van der Waals surface area contributed by atoms with Crippen LogP contribution in [0.5, 0.6) is 0 Å². The number of nitrogens with two attached hydrogens (primary N) is 1. The van der Waals surface area contributed by atoms with Gasteiger partial charge in [0.25, 0.3) is 11.6 Å². The molecule has 2 rings (SSSR count). The van der Waals surface area contributed by atoms with Crippen LogP contribution in [0, 0.1) is 16.0 Å². The monoisotopic (exact) mass is 249 g/mol. The van der Waals surface area contributed by atoms with Crippen LogP contribution in [0.1, 0.15) is 30.1 Å². The van der Waals surface area contributed by atoms with E-state index in [2.05, 4.69) is 12.2 Å². The maximum Gasteiger partial charge on any atom is 0.270 e. The summed E-state index contributed by atoms with van der Waals surface area (Å²) in [6.45, 7) is 2.12. The van der Waals surface area contributed by atoms with Gasteiger partial charge in [0.2, 0.25) is 0 Å². The molecule has 6 heteroatoms. The lowest BCUT2D eigenvalue weighted by Crippen LogP contribution is -2.43. The first-order valence-corrected chi connectivity index (χ1v) is 5.82. The standard InChI is InChI=1S/C12H15N3O3/c1-7-4-8(5-7)14-12(16)10-6-9(15(17)18)2-3-11(10)13/h2-3,6-8H,4-5,13H2,1H3,(H,14,16). The first-order chi connectivity index (χ1) is 8.47. The SMILES string of the molecule is CC1CC(NC(=O)c2cc([N+](=O)[O-])ccc2N)C1. The van der Waals surface area contributed by atoms with Crippen LogP contribution in [-0.2, 0) is 0 Å². The summed E-state index contributed by atoms with van der Waals surface area (Å²) < 4.78 is 0. The molecule has 0 radical (unpaired) electrons. The minimum absolute atomic E-state index is 0.128. The fourth-order valence-electron chi connectivity index (χ4n) is 2.14. The van der Waals surface area contributed by atoms with Gasteiger partial charge in [-0.2, -0.15) is 0 Å². The van der Waals surface area contributed by atoms with Crippen molar-refractivity contribution in [2.75, 3.05) is 5.73 Å². The van der Waals surface area contributed by atoms with Crippen LogP contribution in [0.25, 0.3) is 0 Å². The van der Waals surface area contributed by atoms with Gasteiger partial charge in [-0.15, -0.1) is 0 Å². The van der Waals surface area contributed by atoms with Crippen molar-refractivity contribution in [3.05, 3.63) is 33.9 Å². The predicted octanol–water partition coefficient (Wildman–Crippen LogP) is 1.71. The zero-order valence-corrected chi connectivity index (χ0v) is 10.1. The highest BCUT2D eigenvalue weighted by Gasteiger charge is 2.27. The Kier molecular flexibility index (Phi) is 3.18. The molecule has 1 aromatic rings. The van der Waals surface area contributed by atoms with Crippen molar-refractivity contribution < 1.29 is 9.72 Å². The molecule has 1 aromatic carbocycles. The molecule has 0 unspecified atom stereocenters. The number of benzene rings is 1. The molecule has 18 heavy (non-hydrogen) atoms. The molecular formula is C12H15N3O3. The molecule has 0 saturated heterocycles. The Bertz CT molecular complexity index is 495. The van der Waals surface area contributed by atoms with E-state index in [9.17, 15) is 14.9 Å². The van der Waals surface area contributed by atoms with Crippen LogP contribution in [0.15, 0.2) is 18.2 Å². The van der Waals surface area contributed by atoms with Gasteiger partial charge in [-0.25, -0.2) is 0 Å². The number of rotatable bonds is 3. The highest BCUT2D eigenvalue weighted by Crippen LogP contribution is 2.27. The number of non-ortho nitro benzene ring substituents is 1. The molecule has 0 aromatic heterocycles. The van der Waals surface area contributed by atoms with E-state index in [1.165, 1.54) is 18.2 Å². The Balaban J connectivity index is 2.13. The number of carbonyl (C=O) groups excluding carboxylic acids is 1. The fraction of sp³-hybridized carbons (Fsp3) is 0.417. The number of hydrogen-bond donors (Lipinski definition) is 2. The minimum Gasteiger partial charge on any atom is -0.398 e. The zero-order valence-electron chi connectivity index (χ0n) is 10.1. The van der Waals surface area contributed by atoms with E-state index in [1.807, 2.05) is 0 Å². The summed E-state index contributed by atoms with van der Waals surface area (Å²) in [5.74, 6) is 0.283. The van der Waals surface area contributed by atoms with Crippen LogP contribution in [0.4, 0.5) is 11.4 Å². The smallest absolute Gasteiger partial charge is 0.270 e. The summed E-state index contributed by atoms with van der Waals surface area (Å²) in [4.78, 5) is 22.0. The molecule has 0 spiro atoms. The van der Waals surface area contributed by atoms with E-state index in [4.69, 9.17) is 5.73 Å². The molecule has 0 aliphatic heterocycles. The van der Waals surface area contributed by atoms with Gasteiger partial charge in [0.1, 0.15) is 0 Å². The second-order valence-corrected chi connectivity index (χ2v) is 4.78. The van der Waals surface area contributed by atoms with Crippen molar-refractivity contribution in [3.63, 3.8) is 0 Å². The predicted molar refractivity (Wildman–Crippen MR) is 67.2 cm³/mol. The Labute approximate surface area is 104 Å². The van der Waals surface area contributed by atoms with E-state index in [1.54, 1.807) is 0 Å². The molecule has 1 amide bonds. The summed E-state index contributed by atoms with van der Waals surface area (Å²) >= 11 is 0. The maximum atomic E-state index is 11.9. The third-order valence-corrected chi connectivity index (χ3v) is 3.20. The van der Waals surface area contributed by atoms with E-state index in [-0.39, 0.29) is 28.9 Å². The van der Waals surface area contributed by atoms with Crippen LogP contribution in [0.3, 0.4) is 0 Å². The normalized spacial score (nSPS) is 22.1. The maximum absolute atomic E-state index is 11.9. The molecule has 3 N–H and O–H groups in total. The number of carbonyl (C=O) groups is 1. The topological polar surface area (TPSA) is 98.3 Å². The first kappa shape index (κ1) is 12.3. The molecule has 96 valence electrons. The highest BCUT2D eigenvalue weighted by molar-refractivity contribution is 6.00. The highest BCUT2D eigenvalue weighted by atomic mass is 16.6. The number of amides is 1. The number of nitro groups is 1. The van der Waals surface area contributed by atoms with Gasteiger partial charge in [-0.3, -0.25) is 14.9 Å². The molecule has 0 bridgehead atoms. The van der Waals surface area contributed by atoms with Crippen LogP contribution < -0.4 is 11.1 Å². The molecule has 6 nitrogen and oxygen atoms in total. The van der Waals surface area contributed by atoms with Crippen LogP contribution in [0.2, 0.25) is 0 Å². The summed E-state index contributed by atoms with van der Waals surface area (Å²) in [6, 6.07) is 4.05. The molecule has 1 saturated carbocycles. The quantitative estimate of drug-likeness (QED) is 0.484. The average molecular weight is 249 g/mol. The minimum atomic E-state index is -0.540. The average Bonchev–Trinajstić information content (AvgIpc) is 2.27. The number of nitrogen functional groups attached to an aromatic ring is 1. The van der Waals surface area contributed by atoms with E-state index >= 15 is 0 Å². The second kappa shape index (κ2) is 4.64. The number of nitrogens with one attached hydrogen (secondary N) is 1. The van der Waals surface area contributed by atoms with Crippen molar-refractivity contribution in [2.45, 2.75) is 25.8 Å². The Morgan fingerprint density at radius 2 is 2.17 bits per heavy atom. The van der Waals surface area contributed by atoms with Gasteiger partial charge in [0, 0.05) is 23.9 Å². The van der Waals surface area contributed by atoms with Crippen molar-refractivity contribution in [2.24, 2.45) is 5.92 Å². The van der Waals surface area contributed by atoms with Gasteiger partial charge in [0.05, 0.1) is 10.5 Å². The van der Waals surface area contributed by atoms with E-state index in [0.29, 0.717) is 5.92 Å². The van der Waals surface area contributed by atoms with Gasteiger partial charge in [-0.1, -0.05) is 6.92 Å². The molecular weight excluding hydrogens is 234 g/mol. The summed E-state index contributed by atoms with van der Waals surface area (Å²) in [6.07, 6.45) is 1.89. The molecule has 1 aliphatic carbocycles.